The second-order valence-corrected chi connectivity index (χ2v) is 5.72. The molecule has 0 saturated heterocycles. The second kappa shape index (κ2) is 4.05. The summed E-state index contributed by atoms with van der Waals surface area (Å²) >= 11 is 7.55. The first-order valence-electron chi connectivity index (χ1n) is 4.87. The molecule has 2 N–H and O–H groups in total. The summed E-state index contributed by atoms with van der Waals surface area (Å²) in [6.07, 6.45) is 4.41. The van der Waals surface area contributed by atoms with E-state index in [2.05, 4.69) is 19.1 Å². The summed E-state index contributed by atoms with van der Waals surface area (Å²) in [7, 11) is 0. The predicted octanol–water partition coefficient (Wildman–Crippen LogP) is 3.54. The minimum Gasteiger partial charge on any atom is -0.324 e. The quantitative estimate of drug-likeness (QED) is 0.781. The standard InChI is InChI=1S/C11H14ClNS/c1-7-4-8(6-9(13)5-7)10-2-3-11(12)14-10/h2-3,6-7,9H,4-5,13H2,1H3. The molecule has 14 heavy (non-hydrogen) atoms. The van der Waals surface area contributed by atoms with Gasteiger partial charge in [0.05, 0.1) is 4.34 Å². The summed E-state index contributed by atoms with van der Waals surface area (Å²) in [4.78, 5) is 1.28. The summed E-state index contributed by atoms with van der Waals surface area (Å²) < 4.78 is 0.854. The van der Waals surface area contributed by atoms with Gasteiger partial charge in [0, 0.05) is 10.9 Å². The van der Waals surface area contributed by atoms with E-state index in [0.29, 0.717) is 5.92 Å². The third kappa shape index (κ3) is 2.19. The largest absolute Gasteiger partial charge is 0.324 e. The molecule has 1 aliphatic rings. The van der Waals surface area contributed by atoms with Gasteiger partial charge < -0.3 is 5.73 Å². The summed E-state index contributed by atoms with van der Waals surface area (Å²) in [6, 6.07) is 4.26. The normalized spacial score (nSPS) is 27.5. The molecule has 1 aromatic rings. The van der Waals surface area contributed by atoms with Gasteiger partial charge in [-0.1, -0.05) is 24.6 Å². The highest BCUT2D eigenvalue weighted by Gasteiger charge is 2.18. The van der Waals surface area contributed by atoms with Crippen molar-refractivity contribution >= 4 is 28.5 Å². The summed E-state index contributed by atoms with van der Waals surface area (Å²) in [5.41, 5.74) is 7.32. The van der Waals surface area contributed by atoms with Crippen LogP contribution in [0.2, 0.25) is 4.34 Å². The Morgan fingerprint density at radius 3 is 2.86 bits per heavy atom. The fourth-order valence-corrected chi connectivity index (χ4v) is 3.06. The van der Waals surface area contributed by atoms with Crippen LogP contribution in [-0.2, 0) is 0 Å². The molecule has 1 aromatic heterocycles. The van der Waals surface area contributed by atoms with Gasteiger partial charge in [0.1, 0.15) is 0 Å². The second-order valence-electron chi connectivity index (χ2n) is 4.00. The van der Waals surface area contributed by atoms with E-state index in [4.69, 9.17) is 17.3 Å². The van der Waals surface area contributed by atoms with Crippen LogP contribution in [0, 0.1) is 5.92 Å². The SMILES string of the molecule is CC1CC(c2ccc(Cl)s2)=CC(N)C1. The number of allylic oxidation sites excluding steroid dienone is 1. The molecule has 1 aliphatic carbocycles. The number of hydrogen-bond donors (Lipinski definition) is 1. The third-order valence-electron chi connectivity index (χ3n) is 2.55. The molecule has 76 valence electrons. The van der Waals surface area contributed by atoms with Crippen molar-refractivity contribution in [3.05, 3.63) is 27.4 Å². The van der Waals surface area contributed by atoms with Gasteiger partial charge in [0.15, 0.2) is 0 Å². The third-order valence-corrected chi connectivity index (χ3v) is 3.85. The fourth-order valence-electron chi connectivity index (χ4n) is 1.99. The molecule has 0 aromatic carbocycles. The van der Waals surface area contributed by atoms with E-state index < -0.39 is 0 Å². The van der Waals surface area contributed by atoms with E-state index in [0.717, 1.165) is 17.2 Å². The van der Waals surface area contributed by atoms with Crippen molar-refractivity contribution in [3.8, 4) is 0 Å². The molecule has 2 rings (SSSR count). The Morgan fingerprint density at radius 1 is 1.50 bits per heavy atom. The highest BCUT2D eigenvalue weighted by molar-refractivity contribution is 7.17. The maximum atomic E-state index is 5.95. The van der Waals surface area contributed by atoms with E-state index in [1.165, 1.54) is 10.5 Å². The molecule has 0 amide bonds. The van der Waals surface area contributed by atoms with E-state index in [-0.39, 0.29) is 6.04 Å². The van der Waals surface area contributed by atoms with Crippen molar-refractivity contribution < 1.29 is 0 Å². The molecule has 0 aliphatic heterocycles. The number of hydrogen-bond acceptors (Lipinski definition) is 2. The first-order valence-corrected chi connectivity index (χ1v) is 6.06. The Hall–Kier alpha value is -0.310. The van der Waals surface area contributed by atoms with Crippen molar-refractivity contribution in [2.45, 2.75) is 25.8 Å². The van der Waals surface area contributed by atoms with Crippen molar-refractivity contribution in [1.82, 2.24) is 0 Å². The van der Waals surface area contributed by atoms with Gasteiger partial charge in [-0.3, -0.25) is 0 Å². The van der Waals surface area contributed by atoms with Crippen molar-refractivity contribution in [3.63, 3.8) is 0 Å². The Labute approximate surface area is 93.6 Å². The molecular formula is C11H14ClNS. The number of thiophene rings is 1. The molecule has 1 heterocycles. The van der Waals surface area contributed by atoms with Gasteiger partial charge in [-0.2, -0.15) is 0 Å². The summed E-state index contributed by atoms with van der Waals surface area (Å²) in [6.45, 7) is 2.25. The predicted molar refractivity (Wildman–Crippen MR) is 63.7 cm³/mol. The molecule has 3 heteroatoms. The van der Waals surface area contributed by atoms with Crippen LogP contribution in [0.1, 0.15) is 24.6 Å². The van der Waals surface area contributed by atoms with Gasteiger partial charge in [0.2, 0.25) is 0 Å². The lowest BCUT2D eigenvalue weighted by atomic mass is 9.87. The smallest absolute Gasteiger partial charge is 0.0934 e. The van der Waals surface area contributed by atoms with Gasteiger partial charge in [-0.05, 0) is 36.5 Å². The van der Waals surface area contributed by atoms with E-state index >= 15 is 0 Å². The van der Waals surface area contributed by atoms with Gasteiger partial charge >= 0.3 is 0 Å². The molecule has 0 bridgehead atoms. The minimum absolute atomic E-state index is 0.217. The molecule has 2 unspecified atom stereocenters. The Morgan fingerprint density at radius 2 is 2.29 bits per heavy atom. The molecule has 2 atom stereocenters. The van der Waals surface area contributed by atoms with Gasteiger partial charge in [0.25, 0.3) is 0 Å². The van der Waals surface area contributed by atoms with Crippen molar-refractivity contribution in [1.29, 1.82) is 0 Å². The Balaban J connectivity index is 2.25. The van der Waals surface area contributed by atoms with E-state index in [1.54, 1.807) is 11.3 Å². The van der Waals surface area contributed by atoms with Crippen LogP contribution in [0.25, 0.3) is 5.57 Å². The lowest BCUT2D eigenvalue weighted by molar-refractivity contribution is 0.496. The maximum absolute atomic E-state index is 5.95. The molecule has 0 saturated carbocycles. The highest BCUT2D eigenvalue weighted by Crippen LogP contribution is 2.35. The Bertz CT molecular complexity index is 356. The van der Waals surface area contributed by atoms with Crippen LogP contribution in [-0.4, -0.2) is 6.04 Å². The average molecular weight is 228 g/mol. The first kappa shape index (κ1) is 10.2. The topological polar surface area (TPSA) is 26.0 Å². The van der Waals surface area contributed by atoms with Gasteiger partial charge in [-0.25, -0.2) is 0 Å². The monoisotopic (exact) mass is 227 g/mol. The van der Waals surface area contributed by atoms with Crippen LogP contribution in [0.3, 0.4) is 0 Å². The van der Waals surface area contributed by atoms with Crippen LogP contribution in [0.4, 0.5) is 0 Å². The summed E-state index contributed by atoms with van der Waals surface area (Å²) in [5.74, 6) is 0.686. The molecular weight excluding hydrogens is 214 g/mol. The van der Waals surface area contributed by atoms with Crippen LogP contribution in [0.5, 0.6) is 0 Å². The lowest BCUT2D eigenvalue weighted by Gasteiger charge is -2.22. The summed E-state index contributed by atoms with van der Waals surface area (Å²) in [5, 5.41) is 0. The number of halogens is 1. The zero-order valence-electron chi connectivity index (χ0n) is 8.16. The number of nitrogens with two attached hydrogens (primary N) is 1. The maximum Gasteiger partial charge on any atom is 0.0934 e. The zero-order valence-corrected chi connectivity index (χ0v) is 9.74. The molecule has 0 fully saturated rings. The van der Waals surface area contributed by atoms with Gasteiger partial charge in [-0.15, -0.1) is 11.3 Å². The average Bonchev–Trinajstić information content (AvgIpc) is 2.50. The number of rotatable bonds is 1. The fraction of sp³-hybridized carbons (Fsp3) is 0.455. The lowest BCUT2D eigenvalue weighted by Crippen LogP contribution is -2.24. The molecule has 0 radical (unpaired) electrons. The molecule has 1 nitrogen and oxygen atoms in total. The van der Waals surface area contributed by atoms with Crippen molar-refractivity contribution in [2.24, 2.45) is 11.7 Å². The Kier molecular flexibility index (Phi) is 2.96. The van der Waals surface area contributed by atoms with E-state index in [9.17, 15) is 0 Å². The molecule has 0 spiro atoms. The van der Waals surface area contributed by atoms with Crippen molar-refractivity contribution in [2.75, 3.05) is 0 Å². The minimum atomic E-state index is 0.217. The van der Waals surface area contributed by atoms with Crippen LogP contribution in [0.15, 0.2) is 18.2 Å². The van der Waals surface area contributed by atoms with Crippen LogP contribution < -0.4 is 5.73 Å². The first-order chi connectivity index (χ1) is 6.65. The highest BCUT2D eigenvalue weighted by atomic mass is 35.5. The van der Waals surface area contributed by atoms with Crippen LogP contribution >= 0.6 is 22.9 Å². The van der Waals surface area contributed by atoms with E-state index in [1.807, 2.05) is 6.07 Å². The zero-order chi connectivity index (χ0) is 10.1.